The molecule has 16 heavy (non-hydrogen) atoms. The summed E-state index contributed by atoms with van der Waals surface area (Å²) in [5, 5.41) is 9.02. The van der Waals surface area contributed by atoms with Crippen LogP contribution in [0.5, 0.6) is 11.5 Å². The Labute approximate surface area is 102 Å². The summed E-state index contributed by atoms with van der Waals surface area (Å²) in [4.78, 5) is 0. The third-order valence-corrected chi connectivity index (χ3v) is 2.38. The Morgan fingerprint density at radius 2 is 1.69 bits per heavy atom. The summed E-state index contributed by atoms with van der Waals surface area (Å²) >= 11 is 0. The van der Waals surface area contributed by atoms with Gasteiger partial charge in [0.2, 0.25) is 0 Å². The van der Waals surface area contributed by atoms with Crippen molar-refractivity contribution in [2.45, 2.75) is 19.3 Å². The Balaban J connectivity index is 0.00000225. The number of halogens is 1. The zero-order valence-electron chi connectivity index (χ0n) is 9.90. The highest BCUT2D eigenvalue weighted by atomic mass is 35.5. The molecule has 0 amide bonds. The van der Waals surface area contributed by atoms with E-state index >= 15 is 0 Å². The van der Waals surface area contributed by atoms with E-state index in [4.69, 9.17) is 14.7 Å². The van der Waals surface area contributed by atoms with Gasteiger partial charge in [-0.05, 0) is 31.5 Å². The van der Waals surface area contributed by atoms with Gasteiger partial charge in [-0.25, -0.2) is 0 Å². The molecule has 0 aliphatic heterocycles. The zero-order chi connectivity index (χ0) is 11.5. The molecule has 1 aromatic rings. The Hall–Kier alpha value is -1.40. The van der Waals surface area contributed by atoms with Crippen LogP contribution in [0.3, 0.4) is 0 Å². The second kappa shape index (κ2) is 5.62. The lowest BCUT2D eigenvalue weighted by Gasteiger charge is -2.17. The molecule has 0 saturated heterocycles. The fourth-order valence-electron chi connectivity index (χ4n) is 1.29. The molecule has 0 aromatic heterocycles. The third kappa shape index (κ3) is 2.80. The van der Waals surface area contributed by atoms with Crippen molar-refractivity contribution >= 4 is 12.4 Å². The van der Waals surface area contributed by atoms with Gasteiger partial charge in [0.25, 0.3) is 0 Å². The van der Waals surface area contributed by atoms with Crippen molar-refractivity contribution in [1.82, 2.24) is 0 Å². The monoisotopic (exact) mass is 241 g/mol. The van der Waals surface area contributed by atoms with E-state index in [9.17, 15) is 0 Å². The van der Waals surface area contributed by atoms with Gasteiger partial charge in [-0.3, -0.25) is 0 Å². The first-order valence-electron chi connectivity index (χ1n) is 4.69. The van der Waals surface area contributed by atoms with Crippen LogP contribution in [0.25, 0.3) is 0 Å². The maximum Gasteiger partial charge on any atom is 0.161 e. The summed E-state index contributed by atoms with van der Waals surface area (Å²) in [6.07, 6.45) is 0. The lowest BCUT2D eigenvalue weighted by atomic mass is 9.86. The van der Waals surface area contributed by atoms with Crippen molar-refractivity contribution in [1.29, 1.82) is 5.26 Å². The predicted molar refractivity (Wildman–Crippen MR) is 65.4 cm³/mol. The summed E-state index contributed by atoms with van der Waals surface area (Å²) in [5.41, 5.74) is 0.405. The largest absolute Gasteiger partial charge is 0.493 e. The van der Waals surface area contributed by atoms with Crippen LogP contribution < -0.4 is 9.47 Å². The van der Waals surface area contributed by atoms with Crippen LogP contribution in [0.1, 0.15) is 19.4 Å². The van der Waals surface area contributed by atoms with E-state index < -0.39 is 5.41 Å². The van der Waals surface area contributed by atoms with Crippen molar-refractivity contribution in [2.24, 2.45) is 0 Å². The highest BCUT2D eigenvalue weighted by molar-refractivity contribution is 5.85. The smallest absolute Gasteiger partial charge is 0.161 e. The predicted octanol–water partition coefficient (Wildman–Crippen LogP) is 2.93. The molecule has 1 rings (SSSR count). The lowest BCUT2D eigenvalue weighted by molar-refractivity contribution is 0.354. The van der Waals surface area contributed by atoms with Gasteiger partial charge in [0.05, 0.1) is 25.7 Å². The van der Waals surface area contributed by atoms with Crippen LogP contribution in [0.4, 0.5) is 0 Å². The summed E-state index contributed by atoms with van der Waals surface area (Å²) in [6.45, 7) is 3.74. The minimum Gasteiger partial charge on any atom is -0.493 e. The Morgan fingerprint density at radius 1 is 1.12 bits per heavy atom. The van der Waals surface area contributed by atoms with Crippen molar-refractivity contribution < 1.29 is 9.47 Å². The van der Waals surface area contributed by atoms with Crippen LogP contribution in [-0.4, -0.2) is 14.2 Å². The molecule has 0 heterocycles. The van der Waals surface area contributed by atoms with Gasteiger partial charge in [0, 0.05) is 0 Å². The van der Waals surface area contributed by atoms with Gasteiger partial charge in [-0.1, -0.05) is 6.07 Å². The molecular formula is C12H16ClNO2. The molecule has 0 bridgehead atoms. The second-order valence-corrected chi connectivity index (χ2v) is 3.81. The molecule has 3 nitrogen and oxygen atoms in total. The minimum atomic E-state index is -0.514. The van der Waals surface area contributed by atoms with Crippen molar-refractivity contribution in [2.75, 3.05) is 14.2 Å². The normalized spacial score (nSPS) is 9.94. The fraction of sp³-hybridized carbons (Fsp3) is 0.417. The lowest BCUT2D eigenvalue weighted by Crippen LogP contribution is -2.13. The summed E-state index contributed by atoms with van der Waals surface area (Å²) in [7, 11) is 3.17. The van der Waals surface area contributed by atoms with E-state index in [-0.39, 0.29) is 12.4 Å². The average Bonchev–Trinajstić information content (AvgIpc) is 2.28. The second-order valence-electron chi connectivity index (χ2n) is 3.81. The molecule has 1 aromatic carbocycles. The van der Waals surface area contributed by atoms with E-state index in [1.165, 1.54) is 0 Å². The Morgan fingerprint density at radius 3 is 2.12 bits per heavy atom. The number of rotatable bonds is 3. The van der Waals surface area contributed by atoms with Crippen LogP contribution in [0.2, 0.25) is 0 Å². The van der Waals surface area contributed by atoms with Gasteiger partial charge >= 0.3 is 0 Å². The molecular weight excluding hydrogens is 226 g/mol. The maximum absolute atomic E-state index is 9.02. The van der Waals surface area contributed by atoms with Gasteiger partial charge in [0.15, 0.2) is 11.5 Å². The number of hydrogen-bond donors (Lipinski definition) is 0. The van der Waals surface area contributed by atoms with Crippen molar-refractivity contribution in [3.63, 3.8) is 0 Å². The molecule has 4 heteroatoms. The molecule has 88 valence electrons. The summed E-state index contributed by atoms with van der Waals surface area (Å²) in [6, 6.07) is 7.78. The first kappa shape index (κ1) is 14.6. The first-order chi connectivity index (χ1) is 7.05. The van der Waals surface area contributed by atoms with Crippen LogP contribution in [-0.2, 0) is 5.41 Å². The number of nitriles is 1. The molecule has 0 unspecified atom stereocenters. The van der Waals surface area contributed by atoms with Crippen molar-refractivity contribution in [3.05, 3.63) is 23.8 Å². The Bertz CT molecular complexity index is 396. The first-order valence-corrected chi connectivity index (χ1v) is 4.69. The van der Waals surface area contributed by atoms with Crippen LogP contribution in [0.15, 0.2) is 18.2 Å². The van der Waals surface area contributed by atoms with E-state index in [0.29, 0.717) is 11.5 Å². The van der Waals surface area contributed by atoms with E-state index in [2.05, 4.69) is 6.07 Å². The number of benzene rings is 1. The van der Waals surface area contributed by atoms with Crippen LogP contribution in [0, 0.1) is 11.3 Å². The molecule has 0 aliphatic rings. The number of methoxy groups -OCH3 is 2. The molecule has 0 fully saturated rings. The summed E-state index contributed by atoms with van der Waals surface area (Å²) < 4.78 is 10.3. The molecule has 0 saturated carbocycles. The average molecular weight is 242 g/mol. The topological polar surface area (TPSA) is 42.2 Å². The van der Waals surface area contributed by atoms with Gasteiger partial charge in [-0.2, -0.15) is 5.26 Å². The fourth-order valence-corrected chi connectivity index (χ4v) is 1.29. The van der Waals surface area contributed by atoms with Gasteiger partial charge in [-0.15, -0.1) is 12.4 Å². The number of nitrogens with zero attached hydrogens (tertiary/aromatic N) is 1. The molecule has 0 aliphatic carbocycles. The Kier molecular flexibility index (Phi) is 5.13. The van der Waals surface area contributed by atoms with E-state index in [0.717, 1.165) is 5.56 Å². The van der Waals surface area contributed by atoms with E-state index in [1.807, 2.05) is 32.0 Å². The quantitative estimate of drug-likeness (QED) is 0.817. The van der Waals surface area contributed by atoms with Crippen molar-refractivity contribution in [3.8, 4) is 17.6 Å². The number of ether oxygens (including phenoxy) is 2. The third-order valence-electron chi connectivity index (χ3n) is 2.38. The maximum atomic E-state index is 9.02. The molecule has 0 spiro atoms. The zero-order valence-corrected chi connectivity index (χ0v) is 10.7. The molecule has 0 N–H and O–H groups in total. The SMILES string of the molecule is COc1ccc(C(C)(C)C#N)cc1OC.Cl. The van der Waals surface area contributed by atoms with Crippen LogP contribution >= 0.6 is 12.4 Å². The highest BCUT2D eigenvalue weighted by Gasteiger charge is 2.21. The molecule has 0 radical (unpaired) electrons. The van der Waals surface area contributed by atoms with Gasteiger partial charge < -0.3 is 9.47 Å². The minimum absolute atomic E-state index is 0. The van der Waals surface area contributed by atoms with Gasteiger partial charge in [0.1, 0.15) is 0 Å². The highest BCUT2D eigenvalue weighted by Crippen LogP contribution is 2.32. The van der Waals surface area contributed by atoms with E-state index in [1.54, 1.807) is 14.2 Å². The summed E-state index contributed by atoms with van der Waals surface area (Å²) in [5.74, 6) is 1.33. The number of hydrogen-bond acceptors (Lipinski definition) is 3. The molecule has 0 atom stereocenters. The standard InChI is InChI=1S/C12H15NO2.ClH/c1-12(2,8-13)9-5-6-10(14-3)11(7-9)15-4;/h5-7H,1-4H3;1H.